The number of nitrogens with one attached hydrogen (secondary N) is 1. The Morgan fingerprint density at radius 1 is 1.17 bits per heavy atom. The van der Waals surface area contributed by atoms with Crippen LogP contribution < -0.4 is 10.1 Å². The van der Waals surface area contributed by atoms with E-state index in [0.717, 1.165) is 0 Å². The van der Waals surface area contributed by atoms with E-state index in [4.69, 9.17) is 9.15 Å². The summed E-state index contributed by atoms with van der Waals surface area (Å²) in [4.78, 5) is 12.0. The molecular formula is C16H16F3NO4. The van der Waals surface area contributed by atoms with Crippen LogP contribution in [0.3, 0.4) is 0 Å². The van der Waals surface area contributed by atoms with E-state index in [1.54, 1.807) is 18.2 Å². The van der Waals surface area contributed by atoms with E-state index in [1.807, 2.05) is 18.2 Å². The van der Waals surface area contributed by atoms with Crippen LogP contribution in [0.4, 0.5) is 13.2 Å². The van der Waals surface area contributed by atoms with Crippen molar-refractivity contribution in [1.29, 1.82) is 0 Å². The van der Waals surface area contributed by atoms with Gasteiger partial charge in [0.15, 0.2) is 5.76 Å². The van der Waals surface area contributed by atoms with Crippen LogP contribution in [0.2, 0.25) is 0 Å². The minimum absolute atomic E-state index is 0.0572. The number of ether oxygens (including phenoxy) is 2. The average molecular weight is 343 g/mol. The zero-order valence-electron chi connectivity index (χ0n) is 12.6. The third-order valence-electron chi connectivity index (χ3n) is 2.89. The lowest BCUT2D eigenvalue weighted by molar-refractivity contribution is -0.173. The highest BCUT2D eigenvalue weighted by Crippen LogP contribution is 2.16. The topological polar surface area (TPSA) is 60.7 Å². The molecule has 0 aliphatic rings. The quantitative estimate of drug-likeness (QED) is 0.748. The maximum atomic E-state index is 12.0. The van der Waals surface area contributed by atoms with E-state index in [9.17, 15) is 18.0 Å². The molecule has 130 valence electrons. The Kier molecular flexibility index (Phi) is 6.25. The molecule has 0 saturated carbocycles. The van der Waals surface area contributed by atoms with E-state index >= 15 is 0 Å². The molecule has 0 aliphatic heterocycles. The summed E-state index contributed by atoms with van der Waals surface area (Å²) >= 11 is 0. The third-order valence-corrected chi connectivity index (χ3v) is 2.89. The van der Waals surface area contributed by atoms with Crippen LogP contribution in [0, 0.1) is 0 Å². The molecule has 2 aromatic rings. The van der Waals surface area contributed by atoms with Gasteiger partial charge < -0.3 is 19.2 Å². The summed E-state index contributed by atoms with van der Waals surface area (Å²) in [5, 5.41) is 2.43. The fourth-order valence-electron chi connectivity index (χ4n) is 1.83. The molecule has 5 nitrogen and oxygen atoms in total. The Morgan fingerprint density at radius 2 is 1.92 bits per heavy atom. The van der Waals surface area contributed by atoms with Crippen LogP contribution in [0.25, 0.3) is 0 Å². The minimum atomic E-state index is -4.38. The molecule has 8 heteroatoms. The molecule has 0 atom stereocenters. The molecule has 1 aromatic heterocycles. The first-order valence-corrected chi connectivity index (χ1v) is 7.12. The summed E-state index contributed by atoms with van der Waals surface area (Å²) in [6.45, 7) is -1.52. The van der Waals surface area contributed by atoms with E-state index in [1.165, 1.54) is 6.26 Å². The molecule has 0 fully saturated rings. The summed E-state index contributed by atoms with van der Waals surface area (Å²) in [5.41, 5.74) is 0.535. The summed E-state index contributed by atoms with van der Waals surface area (Å²) in [7, 11) is 0. The number of benzene rings is 1. The van der Waals surface area contributed by atoms with Crippen molar-refractivity contribution in [3.63, 3.8) is 0 Å². The standard InChI is InChI=1S/C16H16F3NO4/c17-16(18,19)11-22-9-7-20-15(21)14-12(6-8-23-14)10-24-13-4-2-1-3-5-13/h1-6,8H,7,9-11H2,(H,20,21). The lowest BCUT2D eigenvalue weighted by Gasteiger charge is -2.09. The van der Waals surface area contributed by atoms with Crippen LogP contribution in [-0.4, -0.2) is 31.8 Å². The van der Waals surface area contributed by atoms with E-state index < -0.39 is 18.7 Å². The zero-order chi connectivity index (χ0) is 17.4. The number of furan rings is 1. The molecule has 0 spiro atoms. The van der Waals surface area contributed by atoms with Crippen molar-refractivity contribution in [1.82, 2.24) is 5.32 Å². The van der Waals surface area contributed by atoms with Crippen molar-refractivity contribution in [3.05, 3.63) is 54.0 Å². The van der Waals surface area contributed by atoms with E-state index in [2.05, 4.69) is 10.1 Å². The number of hydrogen-bond acceptors (Lipinski definition) is 4. The molecule has 1 aromatic carbocycles. The van der Waals surface area contributed by atoms with Gasteiger partial charge in [0.05, 0.1) is 12.9 Å². The summed E-state index contributed by atoms with van der Waals surface area (Å²) in [6.07, 6.45) is -3.04. The predicted octanol–water partition coefficient (Wildman–Crippen LogP) is 3.17. The lowest BCUT2D eigenvalue weighted by atomic mass is 10.2. The van der Waals surface area contributed by atoms with Crippen LogP contribution in [-0.2, 0) is 11.3 Å². The Morgan fingerprint density at radius 3 is 2.62 bits per heavy atom. The van der Waals surface area contributed by atoms with Gasteiger partial charge in [0.25, 0.3) is 5.91 Å². The number of alkyl halides is 3. The number of para-hydroxylation sites is 1. The van der Waals surface area contributed by atoms with Gasteiger partial charge >= 0.3 is 6.18 Å². The molecule has 0 radical (unpaired) electrons. The Balaban J connectivity index is 1.78. The largest absolute Gasteiger partial charge is 0.489 e. The van der Waals surface area contributed by atoms with Gasteiger partial charge in [0, 0.05) is 12.1 Å². The van der Waals surface area contributed by atoms with Crippen molar-refractivity contribution in [3.8, 4) is 5.75 Å². The number of amides is 1. The Hall–Kier alpha value is -2.48. The molecule has 0 aliphatic carbocycles. The lowest BCUT2D eigenvalue weighted by Crippen LogP contribution is -2.29. The molecule has 1 amide bonds. The second kappa shape index (κ2) is 8.39. The van der Waals surface area contributed by atoms with Crippen molar-refractivity contribution in [2.75, 3.05) is 19.8 Å². The second-order valence-corrected chi connectivity index (χ2v) is 4.80. The zero-order valence-corrected chi connectivity index (χ0v) is 12.6. The molecule has 0 unspecified atom stereocenters. The predicted molar refractivity (Wildman–Crippen MR) is 78.7 cm³/mol. The van der Waals surface area contributed by atoms with Gasteiger partial charge in [-0.15, -0.1) is 0 Å². The average Bonchev–Trinajstić information content (AvgIpc) is 3.01. The van der Waals surface area contributed by atoms with Crippen LogP contribution in [0.5, 0.6) is 5.75 Å². The SMILES string of the molecule is O=C(NCCOCC(F)(F)F)c1occc1COc1ccccc1. The monoisotopic (exact) mass is 343 g/mol. The number of hydrogen-bond donors (Lipinski definition) is 1. The second-order valence-electron chi connectivity index (χ2n) is 4.80. The molecule has 0 bridgehead atoms. The van der Waals surface area contributed by atoms with E-state index in [0.29, 0.717) is 11.3 Å². The maximum absolute atomic E-state index is 12.0. The van der Waals surface area contributed by atoms with Gasteiger partial charge in [-0.2, -0.15) is 13.2 Å². The molecule has 0 saturated heterocycles. The highest BCUT2D eigenvalue weighted by Gasteiger charge is 2.27. The fourth-order valence-corrected chi connectivity index (χ4v) is 1.83. The van der Waals surface area contributed by atoms with Crippen molar-refractivity contribution in [2.45, 2.75) is 12.8 Å². The first kappa shape index (κ1) is 17.9. The minimum Gasteiger partial charge on any atom is -0.489 e. The number of halogens is 3. The van der Waals surface area contributed by atoms with Gasteiger partial charge in [-0.3, -0.25) is 4.79 Å². The Labute approximate surface area is 136 Å². The molecule has 2 rings (SSSR count). The van der Waals surface area contributed by atoms with Crippen LogP contribution in [0.15, 0.2) is 47.1 Å². The summed E-state index contributed by atoms with van der Waals surface area (Å²) < 4.78 is 50.8. The third kappa shape index (κ3) is 5.96. The normalized spacial score (nSPS) is 11.3. The van der Waals surface area contributed by atoms with Crippen LogP contribution in [0.1, 0.15) is 16.1 Å². The van der Waals surface area contributed by atoms with Gasteiger partial charge in [-0.05, 0) is 18.2 Å². The number of carbonyl (C=O) groups excluding carboxylic acids is 1. The first-order valence-electron chi connectivity index (χ1n) is 7.12. The maximum Gasteiger partial charge on any atom is 0.411 e. The number of rotatable bonds is 8. The summed E-state index contributed by atoms with van der Waals surface area (Å²) in [5.74, 6) is 0.162. The van der Waals surface area contributed by atoms with Gasteiger partial charge in [0.1, 0.15) is 19.0 Å². The molecule has 24 heavy (non-hydrogen) atoms. The fraction of sp³-hybridized carbons (Fsp3) is 0.312. The van der Waals surface area contributed by atoms with Gasteiger partial charge in [0.2, 0.25) is 0 Å². The first-order chi connectivity index (χ1) is 11.5. The van der Waals surface area contributed by atoms with Gasteiger partial charge in [-0.1, -0.05) is 18.2 Å². The van der Waals surface area contributed by atoms with E-state index in [-0.39, 0.29) is 25.5 Å². The number of carbonyl (C=O) groups is 1. The van der Waals surface area contributed by atoms with Crippen LogP contribution >= 0.6 is 0 Å². The highest BCUT2D eigenvalue weighted by atomic mass is 19.4. The van der Waals surface area contributed by atoms with Crippen molar-refractivity contribution in [2.24, 2.45) is 0 Å². The molecule has 1 N–H and O–H groups in total. The van der Waals surface area contributed by atoms with Crippen molar-refractivity contribution < 1.29 is 31.9 Å². The summed E-state index contributed by atoms with van der Waals surface area (Å²) in [6, 6.07) is 10.6. The molecule has 1 heterocycles. The van der Waals surface area contributed by atoms with Crippen molar-refractivity contribution >= 4 is 5.91 Å². The molecular weight excluding hydrogens is 327 g/mol. The Bertz CT molecular complexity index is 640. The smallest absolute Gasteiger partial charge is 0.411 e. The highest BCUT2D eigenvalue weighted by molar-refractivity contribution is 5.92. The van der Waals surface area contributed by atoms with Gasteiger partial charge in [-0.25, -0.2) is 0 Å².